The number of ether oxygens (including phenoxy) is 2. The molecule has 0 saturated carbocycles. The van der Waals surface area contributed by atoms with Gasteiger partial charge in [0.2, 0.25) is 5.91 Å². The van der Waals surface area contributed by atoms with Gasteiger partial charge in [-0.15, -0.1) is 0 Å². The van der Waals surface area contributed by atoms with Gasteiger partial charge in [-0.1, -0.05) is 49.9 Å². The van der Waals surface area contributed by atoms with Crippen LogP contribution in [-0.4, -0.2) is 62.1 Å². The fourth-order valence-electron chi connectivity index (χ4n) is 3.94. The minimum Gasteiger partial charge on any atom is -0.494 e. The minimum atomic E-state index is -4.18. The van der Waals surface area contributed by atoms with Crippen molar-refractivity contribution in [2.24, 2.45) is 5.92 Å². The third-order valence-corrected chi connectivity index (χ3v) is 6.95. The highest BCUT2D eigenvalue weighted by molar-refractivity contribution is 7.85. The molecule has 0 bridgehead atoms. The first kappa shape index (κ1) is 32.8. The molecule has 2 rings (SSSR count). The van der Waals surface area contributed by atoms with E-state index in [0.717, 1.165) is 55.4 Å². The first-order valence-electron chi connectivity index (χ1n) is 13.4. The van der Waals surface area contributed by atoms with Gasteiger partial charge in [-0.3, -0.25) is 14.1 Å². The molecule has 2 aromatic rings. The SMILES string of the molecule is N#Cc1ccc(-c2ccc(OCCCCCCCCOCCC(CC(=O)NCCS(=O)(=O)O)C(=O)O)cc2)cc1. The van der Waals surface area contributed by atoms with Gasteiger partial charge in [-0.2, -0.15) is 13.7 Å². The maximum Gasteiger partial charge on any atom is 0.307 e. The summed E-state index contributed by atoms with van der Waals surface area (Å²) in [6.45, 7) is 1.13. The molecule has 0 aliphatic rings. The third-order valence-electron chi connectivity index (χ3n) is 6.23. The van der Waals surface area contributed by atoms with Crippen molar-refractivity contribution in [3.8, 4) is 22.9 Å². The zero-order valence-corrected chi connectivity index (χ0v) is 23.4. The smallest absolute Gasteiger partial charge is 0.307 e. The number of carboxylic acid groups (broad SMARTS) is 1. The van der Waals surface area contributed by atoms with Crippen molar-refractivity contribution < 1.29 is 37.1 Å². The van der Waals surface area contributed by atoms with Crippen molar-refractivity contribution in [1.29, 1.82) is 5.26 Å². The molecule has 1 atom stereocenters. The van der Waals surface area contributed by atoms with E-state index >= 15 is 0 Å². The van der Waals surface area contributed by atoms with Crippen LogP contribution in [0.15, 0.2) is 48.5 Å². The Morgan fingerprint density at radius 1 is 0.875 bits per heavy atom. The van der Waals surface area contributed by atoms with Crippen LogP contribution < -0.4 is 10.1 Å². The molecule has 10 nitrogen and oxygen atoms in total. The Kier molecular flexibility index (Phi) is 14.7. The number of aliphatic carboxylic acids is 1. The molecule has 2 aromatic carbocycles. The van der Waals surface area contributed by atoms with Crippen LogP contribution in [0.5, 0.6) is 5.75 Å². The van der Waals surface area contributed by atoms with Crippen LogP contribution in [-0.2, 0) is 24.4 Å². The molecule has 0 aliphatic carbocycles. The monoisotopic (exact) mass is 574 g/mol. The highest BCUT2D eigenvalue weighted by Gasteiger charge is 2.21. The summed E-state index contributed by atoms with van der Waals surface area (Å²) in [4.78, 5) is 23.1. The Morgan fingerprint density at radius 3 is 2.02 bits per heavy atom. The van der Waals surface area contributed by atoms with Gasteiger partial charge >= 0.3 is 5.97 Å². The van der Waals surface area contributed by atoms with Crippen LogP contribution in [0.2, 0.25) is 0 Å². The number of amides is 1. The average Bonchev–Trinajstić information content (AvgIpc) is 2.92. The summed E-state index contributed by atoms with van der Waals surface area (Å²) in [6, 6.07) is 17.5. The Bertz CT molecular complexity index is 1190. The molecule has 0 fully saturated rings. The predicted molar refractivity (Wildman–Crippen MR) is 150 cm³/mol. The van der Waals surface area contributed by atoms with Gasteiger partial charge < -0.3 is 19.9 Å². The van der Waals surface area contributed by atoms with E-state index in [1.165, 1.54) is 0 Å². The second kappa shape index (κ2) is 18.0. The standard InChI is InChI=1S/C29H38N2O8S/c30-22-23-7-9-24(10-8-23)25-11-13-27(14-12-25)39-18-6-4-2-1-3-5-17-38-19-15-26(29(33)34)21-28(32)31-16-20-40(35,36)37/h7-14,26H,1-6,15-21H2,(H,31,32)(H,33,34)(H,35,36,37). The Hall–Kier alpha value is -3.46. The number of nitrogens with one attached hydrogen (secondary N) is 1. The minimum absolute atomic E-state index is 0.180. The molecule has 1 unspecified atom stereocenters. The molecule has 0 radical (unpaired) electrons. The number of carboxylic acids is 1. The lowest BCUT2D eigenvalue weighted by Crippen LogP contribution is -2.32. The summed E-state index contributed by atoms with van der Waals surface area (Å²) >= 11 is 0. The predicted octanol–water partition coefficient (Wildman–Crippen LogP) is 4.45. The molecule has 0 saturated heterocycles. The largest absolute Gasteiger partial charge is 0.494 e. The van der Waals surface area contributed by atoms with Crippen LogP contribution in [0.4, 0.5) is 0 Å². The zero-order chi connectivity index (χ0) is 29.2. The Labute approximate surface area is 236 Å². The van der Waals surface area contributed by atoms with E-state index in [1.807, 2.05) is 36.4 Å². The van der Waals surface area contributed by atoms with Gasteiger partial charge in [0.25, 0.3) is 10.1 Å². The summed E-state index contributed by atoms with van der Waals surface area (Å²) in [7, 11) is -4.18. The second-order valence-corrected chi connectivity index (χ2v) is 11.0. The Morgan fingerprint density at radius 2 is 1.45 bits per heavy atom. The fraction of sp³-hybridized carbons (Fsp3) is 0.483. The molecule has 218 valence electrons. The van der Waals surface area contributed by atoms with Gasteiger partial charge in [0, 0.05) is 26.2 Å². The molecule has 1 amide bonds. The molecule has 0 heterocycles. The molecule has 40 heavy (non-hydrogen) atoms. The van der Waals surface area contributed by atoms with Crippen molar-refractivity contribution in [1.82, 2.24) is 5.32 Å². The van der Waals surface area contributed by atoms with E-state index in [4.69, 9.17) is 19.3 Å². The molecule has 0 aliphatic heterocycles. The molecule has 11 heteroatoms. The summed E-state index contributed by atoms with van der Waals surface area (Å²) in [5.74, 6) is -2.41. The molecule has 0 spiro atoms. The van der Waals surface area contributed by atoms with Gasteiger partial charge in [0.15, 0.2) is 0 Å². The van der Waals surface area contributed by atoms with Gasteiger partial charge in [0.1, 0.15) is 5.75 Å². The fourth-order valence-corrected chi connectivity index (χ4v) is 4.30. The normalized spacial score (nSPS) is 11.9. The van der Waals surface area contributed by atoms with Gasteiger partial charge in [0.05, 0.1) is 29.9 Å². The van der Waals surface area contributed by atoms with Crippen LogP contribution in [0, 0.1) is 17.2 Å². The zero-order valence-electron chi connectivity index (χ0n) is 22.6. The van der Waals surface area contributed by atoms with E-state index in [-0.39, 0.29) is 26.0 Å². The van der Waals surface area contributed by atoms with Crippen molar-refractivity contribution in [3.63, 3.8) is 0 Å². The number of rotatable bonds is 20. The molecular formula is C29H38N2O8S. The van der Waals surface area contributed by atoms with E-state index in [0.29, 0.717) is 18.8 Å². The molecule has 0 aromatic heterocycles. The molecule has 3 N–H and O–H groups in total. The van der Waals surface area contributed by atoms with Crippen molar-refractivity contribution >= 4 is 22.0 Å². The number of unbranched alkanes of at least 4 members (excludes halogenated alkanes) is 5. The van der Waals surface area contributed by atoms with E-state index in [9.17, 15) is 23.1 Å². The summed E-state index contributed by atoms with van der Waals surface area (Å²) in [5, 5.41) is 20.5. The lowest BCUT2D eigenvalue weighted by atomic mass is 10.0. The number of carbonyl (C=O) groups is 2. The van der Waals surface area contributed by atoms with Crippen molar-refractivity contribution in [2.75, 3.05) is 32.1 Å². The number of nitrogens with zero attached hydrogens (tertiary/aromatic N) is 1. The average molecular weight is 575 g/mol. The third kappa shape index (κ3) is 14.1. The lowest BCUT2D eigenvalue weighted by molar-refractivity contribution is -0.144. The summed E-state index contributed by atoms with van der Waals surface area (Å²) in [6.07, 6.45) is 5.98. The van der Waals surface area contributed by atoms with E-state index < -0.39 is 33.7 Å². The Balaban J connectivity index is 1.47. The van der Waals surface area contributed by atoms with Gasteiger partial charge in [-0.05, 0) is 54.7 Å². The highest BCUT2D eigenvalue weighted by atomic mass is 32.2. The number of benzene rings is 2. The number of hydrogen-bond donors (Lipinski definition) is 3. The van der Waals surface area contributed by atoms with Crippen LogP contribution in [0.25, 0.3) is 11.1 Å². The topological polar surface area (TPSA) is 163 Å². The van der Waals surface area contributed by atoms with E-state index in [1.54, 1.807) is 12.1 Å². The number of carbonyl (C=O) groups excluding carboxylic acids is 1. The quantitative estimate of drug-likeness (QED) is 0.153. The van der Waals surface area contributed by atoms with E-state index in [2.05, 4.69) is 11.4 Å². The van der Waals surface area contributed by atoms with Crippen LogP contribution in [0.1, 0.15) is 56.9 Å². The maximum absolute atomic E-state index is 11.8. The second-order valence-electron chi connectivity index (χ2n) is 9.46. The number of hydrogen-bond acceptors (Lipinski definition) is 7. The van der Waals surface area contributed by atoms with Crippen molar-refractivity contribution in [3.05, 3.63) is 54.1 Å². The summed E-state index contributed by atoms with van der Waals surface area (Å²) < 4.78 is 41.3. The first-order valence-corrected chi connectivity index (χ1v) is 15.0. The highest BCUT2D eigenvalue weighted by Crippen LogP contribution is 2.23. The first-order chi connectivity index (χ1) is 19.2. The molecular weight excluding hydrogens is 536 g/mol. The van der Waals surface area contributed by atoms with Crippen LogP contribution >= 0.6 is 0 Å². The summed E-state index contributed by atoms with van der Waals surface area (Å²) in [5.41, 5.74) is 2.76. The van der Waals surface area contributed by atoms with Crippen LogP contribution in [0.3, 0.4) is 0 Å². The maximum atomic E-state index is 11.8. The lowest BCUT2D eigenvalue weighted by Gasteiger charge is -2.12. The van der Waals surface area contributed by atoms with Crippen molar-refractivity contribution in [2.45, 2.75) is 51.4 Å². The van der Waals surface area contributed by atoms with Gasteiger partial charge in [-0.25, -0.2) is 0 Å². The number of nitriles is 1.